The first-order valence-electron chi connectivity index (χ1n) is 6.42. The molecular formula is C14H14N2O3S. The number of carbonyl (C=O) groups excluding carboxylic acids is 3. The fourth-order valence-electron chi connectivity index (χ4n) is 2.51. The number of ketones is 1. The second kappa shape index (κ2) is 4.94. The van der Waals surface area contributed by atoms with Crippen LogP contribution in [0.4, 0.5) is 4.79 Å². The van der Waals surface area contributed by atoms with Crippen molar-refractivity contribution in [3.63, 3.8) is 0 Å². The minimum absolute atomic E-state index is 0.193. The van der Waals surface area contributed by atoms with Gasteiger partial charge in [0.25, 0.3) is 5.91 Å². The molecule has 0 saturated carbocycles. The number of thioether (sulfide) groups is 1. The van der Waals surface area contributed by atoms with Crippen molar-refractivity contribution in [3.05, 3.63) is 35.9 Å². The fourth-order valence-corrected chi connectivity index (χ4v) is 3.84. The van der Waals surface area contributed by atoms with Crippen LogP contribution in [-0.4, -0.2) is 46.2 Å². The normalized spacial score (nSPS) is 25.3. The van der Waals surface area contributed by atoms with E-state index in [1.165, 1.54) is 0 Å². The second-order valence-corrected chi connectivity index (χ2v) is 6.10. The number of carbonyl (C=O) groups is 3. The number of urea groups is 1. The van der Waals surface area contributed by atoms with E-state index >= 15 is 0 Å². The van der Waals surface area contributed by atoms with Crippen molar-refractivity contribution in [1.29, 1.82) is 0 Å². The first-order valence-corrected chi connectivity index (χ1v) is 7.58. The molecule has 3 amide bonds. The van der Waals surface area contributed by atoms with E-state index in [1.54, 1.807) is 36.0 Å². The van der Waals surface area contributed by atoms with Gasteiger partial charge in [-0.15, -0.1) is 0 Å². The number of imide groups is 1. The smallest absolute Gasteiger partial charge is 0.322 e. The third-order valence-electron chi connectivity index (χ3n) is 3.67. The molecule has 1 spiro atoms. The molecule has 0 aromatic heterocycles. The van der Waals surface area contributed by atoms with Gasteiger partial charge in [0.2, 0.25) is 0 Å². The van der Waals surface area contributed by atoms with Gasteiger partial charge in [-0.05, 0) is 12.2 Å². The zero-order chi connectivity index (χ0) is 14.2. The van der Waals surface area contributed by atoms with E-state index in [1.807, 2.05) is 6.07 Å². The minimum Gasteiger partial charge on any atom is -0.322 e. The first-order chi connectivity index (χ1) is 9.62. The van der Waals surface area contributed by atoms with Crippen molar-refractivity contribution in [2.24, 2.45) is 0 Å². The summed E-state index contributed by atoms with van der Waals surface area (Å²) in [7, 11) is 0. The van der Waals surface area contributed by atoms with E-state index in [0.29, 0.717) is 17.7 Å². The average molecular weight is 290 g/mol. The molecule has 104 valence electrons. The molecule has 1 N–H and O–H groups in total. The molecule has 1 atom stereocenters. The molecule has 5 nitrogen and oxygen atoms in total. The maximum atomic E-state index is 12.4. The number of nitrogens with one attached hydrogen (secondary N) is 1. The standard InChI is InChI=1S/C14H14N2O3S/c17-11(10-4-2-1-3-5-10)8-16-12(18)14(15-13(16)19)6-7-20-9-14/h1-5H,6-9H2,(H,15,19)/t14-/m1/s1. The molecule has 2 aliphatic heterocycles. The van der Waals surface area contributed by atoms with Crippen LogP contribution in [0, 0.1) is 0 Å². The lowest BCUT2D eigenvalue weighted by atomic mass is 9.99. The Hall–Kier alpha value is -1.82. The molecular weight excluding hydrogens is 276 g/mol. The molecule has 0 unspecified atom stereocenters. The average Bonchev–Trinajstić information content (AvgIpc) is 3.01. The lowest BCUT2D eigenvalue weighted by Crippen LogP contribution is -2.47. The van der Waals surface area contributed by atoms with E-state index in [4.69, 9.17) is 0 Å². The van der Waals surface area contributed by atoms with Gasteiger partial charge in [0.1, 0.15) is 5.54 Å². The Morgan fingerprint density at radius 2 is 2.05 bits per heavy atom. The summed E-state index contributed by atoms with van der Waals surface area (Å²) in [4.78, 5) is 37.5. The van der Waals surface area contributed by atoms with Crippen LogP contribution < -0.4 is 5.32 Å². The maximum absolute atomic E-state index is 12.4. The van der Waals surface area contributed by atoms with Crippen molar-refractivity contribution >= 4 is 29.5 Å². The van der Waals surface area contributed by atoms with Crippen LogP contribution in [-0.2, 0) is 4.79 Å². The number of rotatable bonds is 3. The van der Waals surface area contributed by atoms with Gasteiger partial charge in [0, 0.05) is 11.3 Å². The third-order valence-corrected chi connectivity index (χ3v) is 4.85. The zero-order valence-electron chi connectivity index (χ0n) is 10.8. The van der Waals surface area contributed by atoms with Gasteiger partial charge < -0.3 is 5.32 Å². The van der Waals surface area contributed by atoms with Crippen molar-refractivity contribution in [2.45, 2.75) is 12.0 Å². The summed E-state index contributed by atoms with van der Waals surface area (Å²) in [6.07, 6.45) is 0.637. The molecule has 1 aromatic carbocycles. The minimum atomic E-state index is -0.779. The van der Waals surface area contributed by atoms with Gasteiger partial charge in [0.05, 0.1) is 6.54 Å². The van der Waals surface area contributed by atoms with Gasteiger partial charge in [-0.1, -0.05) is 30.3 Å². The van der Waals surface area contributed by atoms with E-state index in [9.17, 15) is 14.4 Å². The Balaban J connectivity index is 1.76. The molecule has 2 fully saturated rings. The molecule has 1 aromatic rings. The number of amides is 3. The van der Waals surface area contributed by atoms with Crippen molar-refractivity contribution in [3.8, 4) is 0 Å². The van der Waals surface area contributed by atoms with Crippen LogP contribution in [0.2, 0.25) is 0 Å². The molecule has 3 rings (SSSR count). The number of Topliss-reactive ketones (excluding diaryl/α,β-unsaturated/α-hetero) is 1. The monoisotopic (exact) mass is 290 g/mol. The highest BCUT2D eigenvalue weighted by molar-refractivity contribution is 7.99. The van der Waals surface area contributed by atoms with Crippen LogP contribution in [0.3, 0.4) is 0 Å². The SMILES string of the molecule is O=C(CN1C(=O)N[C@@]2(CCSC2)C1=O)c1ccccc1. The van der Waals surface area contributed by atoms with Crippen LogP contribution >= 0.6 is 11.8 Å². The molecule has 20 heavy (non-hydrogen) atoms. The lowest BCUT2D eigenvalue weighted by molar-refractivity contribution is -0.130. The highest BCUT2D eigenvalue weighted by Crippen LogP contribution is 2.33. The summed E-state index contributed by atoms with van der Waals surface area (Å²) >= 11 is 1.65. The largest absolute Gasteiger partial charge is 0.325 e. The number of benzene rings is 1. The topological polar surface area (TPSA) is 66.5 Å². The summed E-state index contributed by atoms with van der Waals surface area (Å²) in [5.41, 5.74) is -0.270. The van der Waals surface area contributed by atoms with Crippen LogP contribution in [0.25, 0.3) is 0 Å². The van der Waals surface area contributed by atoms with Gasteiger partial charge >= 0.3 is 6.03 Å². The summed E-state index contributed by atoms with van der Waals surface area (Å²) in [6, 6.07) is 8.24. The van der Waals surface area contributed by atoms with Crippen LogP contribution in [0.1, 0.15) is 16.8 Å². The van der Waals surface area contributed by atoms with E-state index in [2.05, 4.69) is 5.32 Å². The van der Waals surface area contributed by atoms with E-state index < -0.39 is 11.6 Å². The predicted octanol–water partition coefficient (Wildman–Crippen LogP) is 1.30. The maximum Gasteiger partial charge on any atom is 0.325 e. The Morgan fingerprint density at radius 1 is 1.30 bits per heavy atom. The highest BCUT2D eigenvalue weighted by atomic mass is 32.2. The van der Waals surface area contributed by atoms with Crippen molar-refractivity contribution < 1.29 is 14.4 Å². The molecule has 0 aliphatic carbocycles. The van der Waals surface area contributed by atoms with Crippen molar-refractivity contribution in [2.75, 3.05) is 18.1 Å². The zero-order valence-corrected chi connectivity index (χ0v) is 11.6. The van der Waals surface area contributed by atoms with Crippen molar-refractivity contribution in [1.82, 2.24) is 10.2 Å². The number of hydrogen-bond acceptors (Lipinski definition) is 4. The van der Waals surface area contributed by atoms with Gasteiger partial charge in [-0.2, -0.15) is 11.8 Å². The summed E-state index contributed by atoms with van der Waals surface area (Å²) in [6.45, 7) is -0.193. The summed E-state index contributed by atoms with van der Waals surface area (Å²) in [5.74, 6) is 0.952. The molecule has 2 heterocycles. The molecule has 2 saturated heterocycles. The quantitative estimate of drug-likeness (QED) is 0.673. The highest BCUT2D eigenvalue weighted by Gasteiger charge is 2.53. The third kappa shape index (κ3) is 2.10. The first kappa shape index (κ1) is 13.2. The predicted molar refractivity (Wildman–Crippen MR) is 75.7 cm³/mol. The Labute approximate surface area is 120 Å². The number of hydrogen-bond donors (Lipinski definition) is 1. The lowest BCUT2D eigenvalue weighted by Gasteiger charge is -2.18. The molecule has 6 heteroatoms. The second-order valence-electron chi connectivity index (χ2n) is 5.00. The van der Waals surface area contributed by atoms with Gasteiger partial charge in [0.15, 0.2) is 5.78 Å². The van der Waals surface area contributed by atoms with E-state index in [-0.39, 0.29) is 18.2 Å². The molecule has 2 aliphatic rings. The Bertz CT molecular complexity index is 567. The van der Waals surface area contributed by atoms with E-state index in [0.717, 1.165) is 10.7 Å². The number of nitrogens with zero attached hydrogens (tertiary/aromatic N) is 1. The fraction of sp³-hybridized carbons (Fsp3) is 0.357. The Morgan fingerprint density at radius 3 is 2.70 bits per heavy atom. The molecule has 0 bridgehead atoms. The van der Waals surface area contributed by atoms with Crippen LogP contribution in [0.15, 0.2) is 30.3 Å². The van der Waals surface area contributed by atoms with Crippen LogP contribution in [0.5, 0.6) is 0 Å². The summed E-state index contributed by atoms with van der Waals surface area (Å²) in [5, 5.41) is 2.75. The summed E-state index contributed by atoms with van der Waals surface area (Å²) < 4.78 is 0. The molecule has 0 radical (unpaired) electrons. The Kier molecular flexibility index (Phi) is 3.25. The van der Waals surface area contributed by atoms with Gasteiger partial charge in [-0.3, -0.25) is 14.5 Å². The van der Waals surface area contributed by atoms with Gasteiger partial charge in [-0.25, -0.2) is 4.79 Å².